The van der Waals surface area contributed by atoms with E-state index in [1.165, 1.54) is 12.1 Å². The Balaban J connectivity index is 2.97. The minimum absolute atomic E-state index is 0.00764. The molecule has 1 aromatic rings. The molecule has 1 aromatic heterocycles. The van der Waals surface area contributed by atoms with Gasteiger partial charge in [-0.2, -0.15) is 0 Å². The van der Waals surface area contributed by atoms with E-state index in [1.807, 2.05) is 6.92 Å². The molecule has 0 aliphatic heterocycles. The van der Waals surface area contributed by atoms with Gasteiger partial charge in [-0.3, -0.25) is 9.59 Å². The van der Waals surface area contributed by atoms with Gasteiger partial charge in [0, 0.05) is 12.1 Å². The summed E-state index contributed by atoms with van der Waals surface area (Å²) in [4.78, 5) is 36.3. The minimum atomic E-state index is -1.13. The standard InChI is InChI=1S/C11H15N3O5/c1-3-7(2)13(6-10(15)16)11(17)8-4-5-9(12-8)14(18)19/h4-5,7,12H,3,6H2,1-2H3,(H,15,16). The lowest BCUT2D eigenvalue weighted by Crippen LogP contribution is -2.42. The van der Waals surface area contributed by atoms with Gasteiger partial charge in [-0.05, 0) is 24.3 Å². The van der Waals surface area contributed by atoms with Gasteiger partial charge in [0.25, 0.3) is 5.91 Å². The molecule has 0 spiro atoms. The van der Waals surface area contributed by atoms with Crippen molar-refractivity contribution in [3.05, 3.63) is 27.9 Å². The molecule has 0 aromatic carbocycles. The number of aliphatic carboxylic acids is 1. The quantitative estimate of drug-likeness (QED) is 0.595. The van der Waals surface area contributed by atoms with E-state index in [4.69, 9.17) is 5.11 Å². The molecule has 104 valence electrons. The van der Waals surface area contributed by atoms with Crippen molar-refractivity contribution >= 4 is 17.7 Å². The molecule has 1 atom stereocenters. The van der Waals surface area contributed by atoms with Crippen LogP contribution in [0.4, 0.5) is 5.82 Å². The normalized spacial score (nSPS) is 11.9. The van der Waals surface area contributed by atoms with Crippen molar-refractivity contribution in [1.82, 2.24) is 9.88 Å². The Hall–Kier alpha value is -2.38. The maximum atomic E-state index is 12.1. The molecule has 0 saturated carbocycles. The number of H-pyrrole nitrogens is 1. The number of nitrogens with zero attached hydrogens (tertiary/aromatic N) is 2. The van der Waals surface area contributed by atoms with Gasteiger partial charge in [-0.1, -0.05) is 6.92 Å². The molecule has 1 heterocycles. The fourth-order valence-corrected chi connectivity index (χ4v) is 1.56. The van der Waals surface area contributed by atoms with E-state index in [1.54, 1.807) is 6.92 Å². The molecule has 8 nitrogen and oxygen atoms in total. The van der Waals surface area contributed by atoms with Gasteiger partial charge in [0.15, 0.2) is 5.69 Å². The molecule has 1 unspecified atom stereocenters. The van der Waals surface area contributed by atoms with Crippen molar-refractivity contribution in [1.29, 1.82) is 0 Å². The number of nitro groups is 1. The van der Waals surface area contributed by atoms with Gasteiger partial charge < -0.3 is 20.1 Å². The zero-order valence-electron chi connectivity index (χ0n) is 10.6. The topological polar surface area (TPSA) is 117 Å². The van der Waals surface area contributed by atoms with Crippen LogP contribution in [0.2, 0.25) is 0 Å². The smallest absolute Gasteiger partial charge is 0.323 e. The Labute approximate surface area is 109 Å². The van der Waals surface area contributed by atoms with Crippen LogP contribution in [-0.4, -0.2) is 44.4 Å². The first kappa shape index (κ1) is 14.7. The number of carboxylic acid groups (broad SMARTS) is 1. The summed E-state index contributed by atoms with van der Waals surface area (Å²) in [5, 5.41) is 19.3. The molecule has 1 amide bonds. The first-order valence-corrected chi connectivity index (χ1v) is 5.73. The fraction of sp³-hybridized carbons (Fsp3) is 0.455. The summed E-state index contributed by atoms with van der Waals surface area (Å²) in [5.41, 5.74) is 0.00764. The number of hydrogen-bond donors (Lipinski definition) is 2. The van der Waals surface area contributed by atoms with E-state index in [-0.39, 0.29) is 17.6 Å². The average Bonchev–Trinajstić information content (AvgIpc) is 2.83. The highest BCUT2D eigenvalue weighted by atomic mass is 16.6. The summed E-state index contributed by atoms with van der Waals surface area (Å²) in [6.07, 6.45) is 0.585. The number of aromatic nitrogens is 1. The Morgan fingerprint density at radius 3 is 2.58 bits per heavy atom. The van der Waals surface area contributed by atoms with E-state index in [9.17, 15) is 19.7 Å². The van der Waals surface area contributed by atoms with Crippen LogP contribution in [0.3, 0.4) is 0 Å². The monoisotopic (exact) mass is 269 g/mol. The maximum Gasteiger partial charge on any atom is 0.323 e. The highest BCUT2D eigenvalue weighted by molar-refractivity contribution is 5.94. The molecule has 0 bridgehead atoms. The van der Waals surface area contributed by atoms with Crippen LogP contribution >= 0.6 is 0 Å². The second-order valence-electron chi connectivity index (χ2n) is 4.10. The zero-order chi connectivity index (χ0) is 14.6. The number of nitrogens with one attached hydrogen (secondary N) is 1. The van der Waals surface area contributed by atoms with Crippen LogP contribution in [0.1, 0.15) is 30.8 Å². The summed E-state index contributed by atoms with van der Waals surface area (Å²) in [6.45, 7) is 3.10. The molecule has 0 radical (unpaired) electrons. The number of carboxylic acids is 1. The molecule has 0 saturated heterocycles. The second kappa shape index (κ2) is 5.98. The summed E-state index contributed by atoms with van der Waals surface area (Å²) >= 11 is 0. The molecule has 0 fully saturated rings. The predicted molar refractivity (Wildman–Crippen MR) is 65.9 cm³/mol. The largest absolute Gasteiger partial charge is 0.480 e. The van der Waals surface area contributed by atoms with Crippen LogP contribution in [0.15, 0.2) is 12.1 Å². The maximum absolute atomic E-state index is 12.1. The van der Waals surface area contributed by atoms with Crippen LogP contribution in [0.5, 0.6) is 0 Å². The fourth-order valence-electron chi connectivity index (χ4n) is 1.56. The van der Waals surface area contributed by atoms with Gasteiger partial charge in [-0.25, -0.2) is 4.98 Å². The molecule has 2 N–H and O–H groups in total. The summed E-state index contributed by atoms with van der Waals surface area (Å²) in [6, 6.07) is 2.17. The molecular weight excluding hydrogens is 254 g/mol. The minimum Gasteiger partial charge on any atom is -0.480 e. The third kappa shape index (κ3) is 3.54. The number of rotatable bonds is 6. The number of amides is 1. The Morgan fingerprint density at radius 1 is 1.53 bits per heavy atom. The van der Waals surface area contributed by atoms with Crippen molar-refractivity contribution in [2.45, 2.75) is 26.3 Å². The number of carbonyl (C=O) groups excluding carboxylic acids is 1. The van der Waals surface area contributed by atoms with Crippen LogP contribution < -0.4 is 0 Å². The van der Waals surface area contributed by atoms with Crippen molar-refractivity contribution in [3.63, 3.8) is 0 Å². The summed E-state index contributed by atoms with van der Waals surface area (Å²) in [7, 11) is 0. The number of hydrogen-bond acceptors (Lipinski definition) is 4. The first-order chi connectivity index (χ1) is 8.86. The third-order valence-electron chi connectivity index (χ3n) is 2.79. The van der Waals surface area contributed by atoms with Crippen LogP contribution in [-0.2, 0) is 4.79 Å². The molecule has 8 heteroatoms. The molecule has 0 aliphatic carbocycles. The Kier molecular flexibility index (Phi) is 4.62. The highest BCUT2D eigenvalue weighted by Gasteiger charge is 2.26. The van der Waals surface area contributed by atoms with E-state index < -0.39 is 23.3 Å². The first-order valence-electron chi connectivity index (χ1n) is 5.73. The van der Waals surface area contributed by atoms with Crippen LogP contribution in [0.25, 0.3) is 0 Å². The van der Waals surface area contributed by atoms with E-state index in [2.05, 4.69) is 4.98 Å². The molecule has 19 heavy (non-hydrogen) atoms. The summed E-state index contributed by atoms with van der Waals surface area (Å²) in [5.74, 6) is -2.00. The van der Waals surface area contributed by atoms with Crippen LogP contribution in [0, 0.1) is 10.1 Å². The number of aromatic amines is 1. The SMILES string of the molecule is CCC(C)N(CC(=O)O)C(=O)c1ccc([N+](=O)[O-])[nH]1. The Morgan fingerprint density at radius 2 is 2.16 bits per heavy atom. The Bertz CT molecular complexity index is 496. The van der Waals surface area contributed by atoms with Crippen molar-refractivity contribution < 1.29 is 19.6 Å². The van der Waals surface area contributed by atoms with Gasteiger partial charge >= 0.3 is 11.8 Å². The lowest BCUT2D eigenvalue weighted by atomic mass is 10.2. The third-order valence-corrected chi connectivity index (χ3v) is 2.79. The van der Waals surface area contributed by atoms with Gasteiger partial charge in [-0.15, -0.1) is 0 Å². The lowest BCUT2D eigenvalue weighted by molar-refractivity contribution is -0.389. The van der Waals surface area contributed by atoms with Crippen molar-refractivity contribution in [2.24, 2.45) is 0 Å². The van der Waals surface area contributed by atoms with Gasteiger partial charge in [0.05, 0.1) is 0 Å². The van der Waals surface area contributed by atoms with Crippen molar-refractivity contribution in [3.8, 4) is 0 Å². The molecule has 0 aliphatic rings. The van der Waals surface area contributed by atoms with E-state index in [0.29, 0.717) is 6.42 Å². The molecular formula is C11H15N3O5. The average molecular weight is 269 g/mol. The van der Waals surface area contributed by atoms with Gasteiger partial charge in [0.2, 0.25) is 0 Å². The molecule has 1 rings (SSSR count). The van der Waals surface area contributed by atoms with E-state index >= 15 is 0 Å². The lowest BCUT2D eigenvalue weighted by Gasteiger charge is -2.25. The van der Waals surface area contributed by atoms with Crippen molar-refractivity contribution in [2.75, 3.05) is 6.54 Å². The second-order valence-corrected chi connectivity index (χ2v) is 4.10. The van der Waals surface area contributed by atoms with E-state index in [0.717, 1.165) is 4.90 Å². The zero-order valence-corrected chi connectivity index (χ0v) is 10.6. The highest BCUT2D eigenvalue weighted by Crippen LogP contribution is 2.14. The predicted octanol–water partition coefficient (Wildman–Crippen LogP) is 1.25. The number of carbonyl (C=O) groups is 2. The van der Waals surface area contributed by atoms with Gasteiger partial charge in [0.1, 0.15) is 6.54 Å². The summed E-state index contributed by atoms with van der Waals surface area (Å²) < 4.78 is 0.